The molecule has 0 aromatic rings. The zero-order valence-corrected chi connectivity index (χ0v) is 8.58. The number of ether oxygens (including phenoxy) is 1. The van der Waals surface area contributed by atoms with E-state index in [0.717, 1.165) is 19.5 Å². The van der Waals surface area contributed by atoms with Crippen molar-refractivity contribution >= 4 is 5.91 Å². The van der Waals surface area contributed by atoms with Crippen LogP contribution >= 0.6 is 0 Å². The number of rotatable bonds is 3. The minimum absolute atomic E-state index is 0.139. The molecule has 1 rings (SSSR count). The Morgan fingerprint density at radius 3 is 3.00 bits per heavy atom. The van der Waals surface area contributed by atoms with Gasteiger partial charge >= 0.3 is 0 Å². The molecular weight excluding hydrogens is 166 g/mol. The quantitative estimate of drug-likeness (QED) is 0.663. The number of methoxy groups -OCH3 is 1. The molecule has 3 nitrogen and oxygen atoms in total. The molecule has 0 saturated carbocycles. The summed E-state index contributed by atoms with van der Waals surface area (Å²) in [6.45, 7) is 4.27. The van der Waals surface area contributed by atoms with Crippen LogP contribution in [0.1, 0.15) is 26.2 Å². The van der Waals surface area contributed by atoms with Gasteiger partial charge in [0.1, 0.15) is 6.61 Å². The molecule has 1 aliphatic rings. The summed E-state index contributed by atoms with van der Waals surface area (Å²) < 4.78 is 4.83. The molecule has 3 heteroatoms. The zero-order valence-electron chi connectivity index (χ0n) is 8.58. The van der Waals surface area contributed by atoms with Crippen molar-refractivity contribution in [2.75, 3.05) is 26.8 Å². The first kappa shape index (κ1) is 10.5. The molecule has 0 aliphatic carbocycles. The van der Waals surface area contributed by atoms with E-state index >= 15 is 0 Å². The Morgan fingerprint density at radius 1 is 1.62 bits per heavy atom. The largest absolute Gasteiger partial charge is 0.375 e. The predicted octanol–water partition coefficient (Wildman–Crippen LogP) is 1.28. The average molecular weight is 185 g/mol. The molecule has 0 spiro atoms. The highest BCUT2D eigenvalue weighted by atomic mass is 16.5. The highest BCUT2D eigenvalue weighted by Crippen LogP contribution is 2.18. The summed E-state index contributed by atoms with van der Waals surface area (Å²) in [5.74, 6) is 0.843. The fourth-order valence-corrected chi connectivity index (χ4v) is 1.84. The number of carbonyl (C=O) groups is 1. The average Bonchev–Trinajstić information content (AvgIpc) is 2.18. The van der Waals surface area contributed by atoms with E-state index in [9.17, 15) is 4.79 Å². The lowest BCUT2D eigenvalue weighted by molar-refractivity contribution is -0.136. The van der Waals surface area contributed by atoms with Crippen molar-refractivity contribution in [1.82, 2.24) is 4.90 Å². The van der Waals surface area contributed by atoms with Gasteiger partial charge in [-0.05, 0) is 18.8 Å². The molecule has 1 aliphatic heterocycles. The molecule has 0 aromatic heterocycles. The molecule has 1 amide bonds. The number of amides is 1. The smallest absolute Gasteiger partial charge is 0.248 e. The van der Waals surface area contributed by atoms with Crippen LogP contribution < -0.4 is 0 Å². The highest BCUT2D eigenvalue weighted by Gasteiger charge is 2.21. The maximum Gasteiger partial charge on any atom is 0.248 e. The Labute approximate surface area is 80.1 Å². The third kappa shape index (κ3) is 2.99. The molecule has 1 heterocycles. The van der Waals surface area contributed by atoms with Crippen LogP contribution in [0.4, 0.5) is 0 Å². The minimum atomic E-state index is 0.139. The second kappa shape index (κ2) is 5.22. The summed E-state index contributed by atoms with van der Waals surface area (Å²) in [5.41, 5.74) is 0. The first-order valence-electron chi connectivity index (χ1n) is 5.04. The molecule has 1 saturated heterocycles. The number of hydrogen-bond acceptors (Lipinski definition) is 2. The van der Waals surface area contributed by atoms with Gasteiger partial charge in [-0.1, -0.05) is 13.3 Å². The second-order valence-electron chi connectivity index (χ2n) is 3.69. The molecule has 1 atom stereocenters. The summed E-state index contributed by atoms with van der Waals surface area (Å²) in [6.07, 6.45) is 3.60. The molecule has 0 N–H and O–H groups in total. The summed E-state index contributed by atoms with van der Waals surface area (Å²) in [7, 11) is 1.57. The fraction of sp³-hybridized carbons (Fsp3) is 0.900. The van der Waals surface area contributed by atoms with Gasteiger partial charge in [-0.15, -0.1) is 0 Å². The molecule has 0 bridgehead atoms. The Hall–Kier alpha value is -0.570. The maximum absolute atomic E-state index is 11.5. The van der Waals surface area contributed by atoms with Gasteiger partial charge in [-0.2, -0.15) is 0 Å². The van der Waals surface area contributed by atoms with Crippen LogP contribution in [0.15, 0.2) is 0 Å². The van der Waals surface area contributed by atoms with Gasteiger partial charge in [0.15, 0.2) is 0 Å². The summed E-state index contributed by atoms with van der Waals surface area (Å²) in [4.78, 5) is 13.4. The lowest BCUT2D eigenvalue weighted by Gasteiger charge is -2.32. The summed E-state index contributed by atoms with van der Waals surface area (Å²) >= 11 is 0. The van der Waals surface area contributed by atoms with Crippen LogP contribution in [-0.2, 0) is 9.53 Å². The van der Waals surface area contributed by atoms with Crippen LogP contribution in [0.5, 0.6) is 0 Å². The van der Waals surface area contributed by atoms with E-state index in [0.29, 0.717) is 5.92 Å². The number of piperidine rings is 1. The van der Waals surface area contributed by atoms with Crippen molar-refractivity contribution < 1.29 is 9.53 Å². The van der Waals surface area contributed by atoms with Crippen LogP contribution in [0.3, 0.4) is 0 Å². The standard InChI is InChI=1S/C10H19NO2/c1-3-9-5-4-6-11(7-9)10(12)8-13-2/h9H,3-8H2,1-2H3/t9-/m1/s1. The van der Waals surface area contributed by atoms with Gasteiger partial charge in [0.25, 0.3) is 0 Å². The normalized spacial score (nSPS) is 23.2. The fourth-order valence-electron chi connectivity index (χ4n) is 1.84. The topological polar surface area (TPSA) is 29.5 Å². The molecular formula is C10H19NO2. The summed E-state index contributed by atoms with van der Waals surface area (Å²) in [5, 5.41) is 0. The Morgan fingerprint density at radius 2 is 2.38 bits per heavy atom. The van der Waals surface area contributed by atoms with Crippen LogP contribution in [-0.4, -0.2) is 37.6 Å². The first-order chi connectivity index (χ1) is 6.27. The van der Waals surface area contributed by atoms with E-state index in [1.54, 1.807) is 7.11 Å². The van der Waals surface area contributed by atoms with Crippen molar-refractivity contribution in [3.8, 4) is 0 Å². The van der Waals surface area contributed by atoms with Gasteiger partial charge < -0.3 is 9.64 Å². The van der Waals surface area contributed by atoms with Crippen LogP contribution in [0.2, 0.25) is 0 Å². The lowest BCUT2D eigenvalue weighted by atomic mass is 9.96. The zero-order chi connectivity index (χ0) is 9.68. The van der Waals surface area contributed by atoms with Crippen LogP contribution in [0, 0.1) is 5.92 Å². The number of carbonyl (C=O) groups excluding carboxylic acids is 1. The molecule has 13 heavy (non-hydrogen) atoms. The molecule has 0 radical (unpaired) electrons. The number of hydrogen-bond donors (Lipinski definition) is 0. The van der Waals surface area contributed by atoms with E-state index in [-0.39, 0.29) is 12.5 Å². The number of nitrogens with zero attached hydrogens (tertiary/aromatic N) is 1. The van der Waals surface area contributed by atoms with Crippen molar-refractivity contribution in [3.05, 3.63) is 0 Å². The van der Waals surface area contributed by atoms with E-state index < -0.39 is 0 Å². The Kier molecular flexibility index (Phi) is 4.22. The van der Waals surface area contributed by atoms with Crippen molar-refractivity contribution in [3.63, 3.8) is 0 Å². The van der Waals surface area contributed by atoms with E-state index in [2.05, 4.69) is 6.92 Å². The molecule has 0 unspecified atom stereocenters. The third-order valence-corrected chi connectivity index (χ3v) is 2.72. The molecule has 1 fully saturated rings. The van der Waals surface area contributed by atoms with Gasteiger partial charge in [0, 0.05) is 20.2 Å². The van der Waals surface area contributed by atoms with Gasteiger partial charge in [0.05, 0.1) is 0 Å². The molecule has 0 aromatic carbocycles. The third-order valence-electron chi connectivity index (χ3n) is 2.72. The minimum Gasteiger partial charge on any atom is -0.375 e. The Bertz CT molecular complexity index is 170. The highest BCUT2D eigenvalue weighted by molar-refractivity contribution is 5.77. The summed E-state index contributed by atoms with van der Waals surface area (Å²) in [6, 6.07) is 0. The van der Waals surface area contributed by atoms with Crippen molar-refractivity contribution in [2.24, 2.45) is 5.92 Å². The van der Waals surface area contributed by atoms with E-state index in [1.807, 2.05) is 4.90 Å². The predicted molar refractivity (Wildman–Crippen MR) is 51.5 cm³/mol. The monoisotopic (exact) mass is 185 g/mol. The van der Waals surface area contributed by atoms with E-state index in [1.165, 1.54) is 12.8 Å². The molecule has 76 valence electrons. The van der Waals surface area contributed by atoms with Crippen molar-refractivity contribution in [2.45, 2.75) is 26.2 Å². The SMILES string of the molecule is CC[C@@H]1CCCN(C(=O)COC)C1. The van der Waals surface area contributed by atoms with Gasteiger partial charge in [0.2, 0.25) is 5.91 Å². The maximum atomic E-state index is 11.5. The second-order valence-corrected chi connectivity index (χ2v) is 3.69. The van der Waals surface area contributed by atoms with Crippen molar-refractivity contribution in [1.29, 1.82) is 0 Å². The Balaban J connectivity index is 2.37. The first-order valence-corrected chi connectivity index (χ1v) is 5.04. The van der Waals surface area contributed by atoms with E-state index in [4.69, 9.17) is 4.74 Å². The van der Waals surface area contributed by atoms with Gasteiger partial charge in [-0.25, -0.2) is 0 Å². The lowest BCUT2D eigenvalue weighted by Crippen LogP contribution is -2.41. The van der Waals surface area contributed by atoms with Crippen LogP contribution in [0.25, 0.3) is 0 Å². The van der Waals surface area contributed by atoms with Gasteiger partial charge in [-0.3, -0.25) is 4.79 Å². The number of likely N-dealkylation sites (tertiary alicyclic amines) is 1.